The van der Waals surface area contributed by atoms with E-state index in [2.05, 4.69) is 6.07 Å². The SMILES string of the molecule is COc1c(F)cc(F)cc1-c1ccccc1OCC(=O)N1CCC(CCc2ccc3c(c2)OCO3)CC1. The molecule has 0 spiro atoms. The Balaban J connectivity index is 1.14. The zero-order valence-electron chi connectivity index (χ0n) is 20.7. The van der Waals surface area contributed by atoms with E-state index < -0.39 is 11.6 Å². The van der Waals surface area contributed by atoms with Crippen LogP contribution in [0.2, 0.25) is 0 Å². The second-order valence-electron chi connectivity index (χ2n) is 9.30. The lowest BCUT2D eigenvalue weighted by molar-refractivity contribution is -0.134. The molecule has 2 heterocycles. The summed E-state index contributed by atoms with van der Waals surface area (Å²) in [6.07, 6.45) is 3.89. The minimum Gasteiger partial charge on any atom is -0.493 e. The van der Waals surface area contributed by atoms with Crippen LogP contribution in [-0.4, -0.2) is 44.4 Å². The van der Waals surface area contributed by atoms with Crippen LogP contribution in [0.3, 0.4) is 0 Å². The molecule has 0 aromatic heterocycles. The molecule has 0 radical (unpaired) electrons. The van der Waals surface area contributed by atoms with Crippen molar-refractivity contribution in [1.82, 2.24) is 4.90 Å². The Morgan fingerprint density at radius 3 is 2.59 bits per heavy atom. The number of hydrogen-bond acceptors (Lipinski definition) is 5. The van der Waals surface area contributed by atoms with Gasteiger partial charge in [0.25, 0.3) is 5.91 Å². The highest BCUT2D eigenvalue weighted by molar-refractivity contribution is 5.79. The van der Waals surface area contributed by atoms with Crippen LogP contribution in [0, 0.1) is 17.6 Å². The zero-order valence-corrected chi connectivity index (χ0v) is 20.7. The highest BCUT2D eigenvalue weighted by Crippen LogP contribution is 2.38. The second-order valence-corrected chi connectivity index (χ2v) is 9.30. The van der Waals surface area contributed by atoms with E-state index in [1.165, 1.54) is 18.7 Å². The molecule has 0 bridgehead atoms. The van der Waals surface area contributed by atoms with Gasteiger partial charge in [0, 0.05) is 30.3 Å². The summed E-state index contributed by atoms with van der Waals surface area (Å²) in [5.41, 5.74) is 1.91. The molecule has 3 aromatic rings. The maximum atomic E-state index is 14.2. The molecule has 37 heavy (non-hydrogen) atoms. The molecular weight excluding hydrogens is 480 g/mol. The molecule has 3 aromatic carbocycles. The van der Waals surface area contributed by atoms with Crippen LogP contribution in [0.1, 0.15) is 24.8 Å². The number of carbonyl (C=O) groups excluding carboxylic acids is 1. The lowest BCUT2D eigenvalue weighted by atomic mass is 9.90. The van der Waals surface area contributed by atoms with Gasteiger partial charge in [-0.05, 0) is 61.4 Å². The average Bonchev–Trinajstić information content (AvgIpc) is 3.39. The largest absolute Gasteiger partial charge is 0.493 e. The Morgan fingerprint density at radius 2 is 1.78 bits per heavy atom. The third-order valence-corrected chi connectivity index (χ3v) is 6.99. The third-order valence-electron chi connectivity index (χ3n) is 6.99. The molecule has 5 rings (SSSR count). The molecule has 0 atom stereocenters. The van der Waals surface area contributed by atoms with Crippen molar-refractivity contribution < 1.29 is 32.5 Å². The van der Waals surface area contributed by atoms with Gasteiger partial charge in [-0.25, -0.2) is 8.78 Å². The normalized spacial score (nSPS) is 15.1. The van der Waals surface area contributed by atoms with Crippen molar-refractivity contribution in [2.75, 3.05) is 33.6 Å². The van der Waals surface area contributed by atoms with Gasteiger partial charge in [-0.15, -0.1) is 0 Å². The number of hydrogen-bond donors (Lipinski definition) is 0. The summed E-state index contributed by atoms with van der Waals surface area (Å²) >= 11 is 0. The summed E-state index contributed by atoms with van der Waals surface area (Å²) in [4.78, 5) is 14.7. The monoisotopic (exact) mass is 509 g/mol. The maximum Gasteiger partial charge on any atom is 0.260 e. The van der Waals surface area contributed by atoms with E-state index in [-0.39, 0.29) is 30.6 Å². The number of halogens is 2. The van der Waals surface area contributed by atoms with Crippen molar-refractivity contribution in [2.45, 2.75) is 25.7 Å². The highest BCUT2D eigenvalue weighted by Gasteiger charge is 2.24. The van der Waals surface area contributed by atoms with Crippen LogP contribution in [0.4, 0.5) is 8.78 Å². The first-order valence-corrected chi connectivity index (χ1v) is 12.4. The molecule has 2 aliphatic heterocycles. The molecule has 2 aliphatic rings. The van der Waals surface area contributed by atoms with Crippen molar-refractivity contribution >= 4 is 5.91 Å². The molecule has 0 N–H and O–H groups in total. The molecule has 1 amide bonds. The second kappa shape index (κ2) is 11.1. The number of rotatable bonds is 8. The number of para-hydroxylation sites is 1. The number of aryl methyl sites for hydroxylation is 1. The average molecular weight is 510 g/mol. The molecule has 194 valence electrons. The fourth-order valence-corrected chi connectivity index (χ4v) is 4.95. The van der Waals surface area contributed by atoms with Crippen LogP contribution in [0.15, 0.2) is 54.6 Å². The van der Waals surface area contributed by atoms with E-state index >= 15 is 0 Å². The molecule has 6 nitrogen and oxygen atoms in total. The smallest absolute Gasteiger partial charge is 0.260 e. The van der Waals surface area contributed by atoms with Gasteiger partial charge in [0.1, 0.15) is 11.6 Å². The van der Waals surface area contributed by atoms with Gasteiger partial charge in [0.15, 0.2) is 29.7 Å². The molecular formula is C29H29F2NO5. The summed E-state index contributed by atoms with van der Waals surface area (Å²) in [6, 6.07) is 14.9. The number of carbonyl (C=O) groups is 1. The van der Waals surface area contributed by atoms with Gasteiger partial charge in [-0.2, -0.15) is 0 Å². The number of ether oxygens (including phenoxy) is 4. The summed E-state index contributed by atoms with van der Waals surface area (Å²) in [5, 5.41) is 0. The van der Waals surface area contributed by atoms with Gasteiger partial charge in [-0.1, -0.05) is 24.3 Å². The van der Waals surface area contributed by atoms with Gasteiger partial charge in [0.05, 0.1) is 7.11 Å². The number of nitrogens with zero attached hydrogens (tertiary/aromatic N) is 1. The molecule has 0 saturated carbocycles. The van der Waals surface area contributed by atoms with Gasteiger partial charge < -0.3 is 23.8 Å². The van der Waals surface area contributed by atoms with Crippen LogP contribution in [0.5, 0.6) is 23.0 Å². The molecule has 0 aliphatic carbocycles. The Morgan fingerprint density at radius 1 is 1.00 bits per heavy atom. The van der Waals surface area contributed by atoms with E-state index in [0.717, 1.165) is 43.2 Å². The Labute approximate surface area is 214 Å². The lowest BCUT2D eigenvalue weighted by Crippen LogP contribution is -2.41. The maximum absolute atomic E-state index is 14.2. The zero-order chi connectivity index (χ0) is 25.8. The fraction of sp³-hybridized carbons (Fsp3) is 0.345. The predicted molar refractivity (Wildman–Crippen MR) is 134 cm³/mol. The third kappa shape index (κ3) is 5.63. The number of benzene rings is 3. The van der Waals surface area contributed by atoms with Gasteiger partial charge >= 0.3 is 0 Å². The van der Waals surface area contributed by atoms with Crippen molar-refractivity contribution in [2.24, 2.45) is 5.92 Å². The Kier molecular flexibility index (Phi) is 7.44. The quantitative estimate of drug-likeness (QED) is 0.395. The van der Waals surface area contributed by atoms with E-state index in [0.29, 0.717) is 30.3 Å². The van der Waals surface area contributed by atoms with Gasteiger partial charge in [0.2, 0.25) is 6.79 Å². The van der Waals surface area contributed by atoms with Gasteiger partial charge in [-0.3, -0.25) is 4.79 Å². The van der Waals surface area contributed by atoms with Crippen molar-refractivity contribution in [3.05, 3.63) is 71.8 Å². The summed E-state index contributed by atoms with van der Waals surface area (Å²) < 4.78 is 50.0. The summed E-state index contributed by atoms with van der Waals surface area (Å²) in [5.74, 6) is 0.797. The highest BCUT2D eigenvalue weighted by atomic mass is 19.1. The van der Waals surface area contributed by atoms with Crippen LogP contribution in [-0.2, 0) is 11.2 Å². The van der Waals surface area contributed by atoms with Crippen molar-refractivity contribution in [3.63, 3.8) is 0 Å². The number of amides is 1. The van der Waals surface area contributed by atoms with E-state index in [4.69, 9.17) is 18.9 Å². The van der Waals surface area contributed by atoms with E-state index in [1.807, 2.05) is 17.0 Å². The first kappa shape index (κ1) is 24.9. The Bertz CT molecular complexity index is 1270. The topological polar surface area (TPSA) is 57.2 Å². The Hall–Kier alpha value is -3.81. The van der Waals surface area contributed by atoms with E-state index in [9.17, 15) is 13.6 Å². The molecule has 0 unspecified atom stereocenters. The predicted octanol–water partition coefficient (Wildman–Crippen LogP) is 5.62. The molecule has 8 heteroatoms. The number of fused-ring (bicyclic) bond motifs is 1. The number of piperidine rings is 1. The summed E-state index contributed by atoms with van der Waals surface area (Å²) in [6.45, 7) is 1.48. The van der Waals surface area contributed by atoms with Crippen molar-refractivity contribution in [1.29, 1.82) is 0 Å². The number of methoxy groups -OCH3 is 1. The first-order chi connectivity index (χ1) is 18.0. The number of likely N-dealkylation sites (tertiary alicyclic amines) is 1. The van der Waals surface area contributed by atoms with Crippen LogP contribution >= 0.6 is 0 Å². The van der Waals surface area contributed by atoms with Crippen molar-refractivity contribution in [3.8, 4) is 34.1 Å². The van der Waals surface area contributed by atoms with Crippen LogP contribution in [0.25, 0.3) is 11.1 Å². The minimum atomic E-state index is -0.801. The van der Waals surface area contributed by atoms with E-state index in [1.54, 1.807) is 24.3 Å². The van der Waals surface area contributed by atoms with Crippen LogP contribution < -0.4 is 18.9 Å². The molecule has 1 saturated heterocycles. The minimum absolute atomic E-state index is 0.0772. The first-order valence-electron chi connectivity index (χ1n) is 12.4. The summed E-state index contributed by atoms with van der Waals surface area (Å²) in [7, 11) is 1.32. The standard InChI is InChI=1S/C29H29F2NO5/c1-34-29-23(15-21(30)16-24(29)31)22-4-2-3-5-25(22)35-17-28(33)32-12-10-19(11-13-32)6-7-20-8-9-26-27(14-20)37-18-36-26/h2-5,8-9,14-16,19H,6-7,10-13,17-18H2,1H3. The lowest BCUT2D eigenvalue weighted by Gasteiger charge is -2.32. The fourth-order valence-electron chi connectivity index (χ4n) is 4.95. The molecule has 1 fully saturated rings.